The highest BCUT2D eigenvalue weighted by Crippen LogP contribution is 2.49. The van der Waals surface area contributed by atoms with Crippen LogP contribution in [0.3, 0.4) is 0 Å². The molecule has 0 radical (unpaired) electrons. The predicted octanol–water partition coefficient (Wildman–Crippen LogP) is 2.63. The molecule has 2 bridgehead atoms. The second-order valence-electron chi connectivity index (χ2n) is 9.43. The topological polar surface area (TPSA) is 91.6 Å². The number of aliphatic hydroxyl groups is 1. The van der Waals surface area contributed by atoms with Gasteiger partial charge in [0, 0.05) is 36.2 Å². The van der Waals surface area contributed by atoms with Crippen molar-refractivity contribution in [2.45, 2.75) is 63.8 Å². The Hall–Kier alpha value is -2.62. The van der Waals surface area contributed by atoms with Crippen molar-refractivity contribution in [3.63, 3.8) is 0 Å². The van der Waals surface area contributed by atoms with Gasteiger partial charge in [0.25, 0.3) is 5.56 Å². The Morgan fingerprint density at radius 3 is 2.53 bits per heavy atom. The molecular weight excluding hydrogens is 451 g/mol. The lowest BCUT2D eigenvalue weighted by molar-refractivity contribution is -0.144. The number of carbonyl (C=O) groups is 2. The summed E-state index contributed by atoms with van der Waals surface area (Å²) in [5.41, 5.74) is 0.571. The number of allylic oxidation sites excluding steroid dienone is 1. The van der Waals surface area contributed by atoms with Crippen molar-refractivity contribution in [3.8, 4) is 0 Å². The molecule has 1 saturated heterocycles. The normalized spacial score (nSPS) is 27.1. The molecule has 2 fully saturated rings. The van der Waals surface area contributed by atoms with E-state index >= 15 is 0 Å². The summed E-state index contributed by atoms with van der Waals surface area (Å²) in [7, 11) is 0. The van der Waals surface area contributed by atoms with Crippen LogP contribution in [0.4, 0.5) is 13.2 Å². The maximum Gasteiger partial charge on any atom is 0.405 e. The number of nitrogens with one attached hydrogen (secondary N) is 1. The van der Waals surface area contributed by atoms with E-state index < -0.39 is 49.2 Å². The van der Waals surface area contributed by atoms with Gasteiger partial charge >= 0.3 is 6.18 Å². The van der Waals surface area contributed by atoms with Crippen LogP contribution in [0.5, 0.6) is 0 Å². The number of nitrogens with zero attached hydrogens (tertiary/aromatic N) is 2. The molecule has 1 aromatic heterocycles. The van der Waals surface area contributed by atoms with Crippen LogP contribution in [0, 0.1) is 17.8 Å². The molecule has 0 aromatic carbocycles. The standard InChI is InChI=1S/C24H30F3N3O4/c1-2-6-14-9-10-17-20-19(21(32)28-13-24(25,26)27)16(12-31)18(11-29(17)22(14)33)30(20)23(34)15-7-4-3-5-8-15/h2,6,9-10,15-16,18-20,31H,3-5,7-8,11-13H2,1H3,(H,28,32)/b6-2+/t16-,18-,19+,20+/m1/s1. The Bertz CT molecular complexity index is 1030. The molecule has 10 heteroatoms. The highest BCUT2D eigenvalue weighted by atomic mass is 19.4. The lowest BCUT2D eigenvalue weighted by Crippen LogP contribution is -2.51. The van der Waals surface area contributed by atoms with Crippen molar-refractivity contribution in [1.29, 1.82) is 0 Å². The first-order valence-corrected chi connectivity index (χ1v) is 11.8. The number of rotatable bonds is 5. The number of hydrogen-bond acceptors (Lipinski definition) is 4. The van der Waals surface area contributed by atoms with E-state index in [1.54, 1.807) is 36.1 Å². The van der Waals surface area contributed by atoms with Crippen molar-refractivity contribution in [2.24, 2.45) is 17.8 Å². The summed E-state index contributed by atoms with van der Waals surface area (Å²) >= 11 is 0. The second kappa shape index (κ2) is 9.56. The highest BCUT2D eigenvalue weighted by molar-refractivity contribution is 5.85. The molecule has 3 aliphatic rings. The van der Waals surface area contributed by atoms with Crippen LogP contribution >= 0.6 is 0 Å². The van der Waals surface area contributed by atoms with Crippen LogP contribution in [0.2, 0.25) is 0 Å². The van der Waals surface area contributed by atoms with Gasteiger partial charge in [0.2, 0.25) is 11.8 Å². The van der Waals surface area contributed by atoms with Gasteiger partial charge in [0.05, 0.1) is 18.0 Å². The number of fused-ring (bicyclic) bond motifs is 4. The molecule has 7 nitrogen and oxygen atoms in total. The molecule has 1 aromatic rings. The minimum Gasteiger partial charge on any atom is -0.396 e. The zero-order valence-corrected chi connectivity index (χ0v) is 19.1. The molecule has 3 heterocycles. The SMILES string of the molecule is C/C=C/c1ccc2n(c1=O)C[C@@H]1[C@@H](CO)[C@H](C(=O)NCC(F)(F)F)[C@H]2N1C(=O)C1CCCCC1. The van der Waals surface area contributed by atoms with E-state index in [9.17, 15) is 32.7 Å². The fraction of sp³-hybridized carbons (Fsp3) is 0.625. The maximum absolute atomic E-state index is 13.7. The molecule has 0 unspecified atom stereocenters. The lowest BCUT2D eigenvalue weighted by Gasteiger charge is -2.40. The largest absolute Gasteiger partial charge is 0.405 e. The summed E-state index contributed by atoms with van der Waals surface area (Å²) in [5.74, 6) is -3.12. The van der Waals surface area contributed by atoms with E-state index in [0.717, 1.165) is 32.1 Å². The lowest BCUT2D eigenvalue weighted by atomic mass is 9.86. The molecule has 186 valence electrons. The summed E-state index contributed by atoms with van der Waals surface area (Å²) in [4.78, 5) is 41.4. The fourth-order valence-corrected chi connectivity index (χ4v) is 5.90. The zero-order chi connectivity index (χ0) is 24.6. The van der Waals surface area contributed by atoms with Crippen molar-refractivity contribution in [3.05, 3.63) is 39.8 Å². The van der Waals surface area contributed by atoms with Gasteiger partial charge in [-0.1, -0.05) is 31.4 Å². The number of halogens is 3. The van der Waals surface area contributed by atoms with Gasteiger partial charge in [-0.3, -0.25) is 14.4 Å². The van der Waals surface area contributed by atoms with Crippen LogP contribution in [-0.4, -0.2) is 51.8 Å². The van der Waals surface area contributed by atoms with Gasteiger partial charge in [0.15, 0.2) is 0 Å². The fourth-order valence-electron chi connectivity index (χ4n) is 5.90. The van der Waals surface area contributed by atoms with Crippen molar-refractivity contribution < 1.29 is 27.9 Å². The van der Waals surface area contributed by atoms with Gasteiger partial charge < -0.3 is 19.9 Å². The summed E-state index contributed by atoms with van der Waals surface area (Å²) in [6, 6.07) is 1.71. The molecular formula is C24H30F3N3O4. The summed E-state index contributed by atoms with van der Waals surface area (Å²) in [6.07, 6.45) is 3.11. The third-order valence-electron chi connectivity index (χ3n) is 7.39. The van der Waals surface area contributed by atoms with Crippen LogP contribution in [0.25, 0.3) is 6.08 Å². The molecule has 34 heavy (non-hydrogen) atoms. The molecule has 4 rings (SSSR count). The number of carbonyl (C=O) groups excluding carboxylic acids is 2. The van der Waals surface area contributed by atoms with Crippen molar-refractivity contribution >= 4 is 17.9 Å². The molecule has 4 atom stereocenters. The number of pyridine rings is 1. The molecule has 2 amide bonds. The predicted molar refractivity (Wildman–Crippen MR) is 118 cm³/mol. The van der Waals surface area contributed by atoms with Crippen LogP contribution < -0.4 is 10.9 Å². The Labute approximate surface area is 195 Å². The minimum absolute atomic E-state index is 0.0861. The van der Waals surface area contributed by atoms with E-state index in [1.165, 1.54) is 4.57 Å². The Kier molecular flexibility index (Phi) is 6.89. The quantitative estimate of drug-likeness (QED) is 0.677. The van der Waals surface area contributed by atoms with Crippen LogP contribution in [0.1, 0.15) is 56.3 Å². The third-order valence-corrected chi connectivity index (χ3v) is 7.39. The molecule has 2 N–H and O–H groups in total. The Morgan fingerprint density at radius 1 is 1.21 bits per heavy atom. The Morgan fingerprint density at radius 2 is 1.91 bits per heavy atom. The molecule has 1 saturated carbocycles. The highest BCUT2D eigenvalue weighted by Gasteiger charge is 2.58. The van der Waals surface area contributed by atoms with Crippen molar-refractivity contribution in [2.75, 3.05) is 13.2 Å². The van der Waals surface area contributed by atoms with Gasteiger partial charge in [-0.25, -0.2) is 0 Å². The maximum atomic E-state index is 13.7. The first kappa shape index (κ1) is 24.5. The van der Waals surface area contributed by atoms with E-state index in [0.29, 0.717) is 11.3 Å². The third kappa shape index (κ3) is 4.39. The van der Waals surface area contributed by atoms with Gasteiger partial charge in [-0.15, -0.1) is 0 Å². The van der Waals surface area contributed by atoms with Gasteiger partial charge in [-0.05, 0) is 31.9 Å². The zero-order valence-electron chi connectivity index (χ0n) is 19.1. The smallest absolute Gasteiger partial charge is 0.396 e. The molecule has 1 aliphatic carbocycles. The number of alkyl halides is 3. The van der Waals surface area contributed by atoms with E-state index in [1.807, 2.05) is 5.32 Å². The first-order chi connectivity index (χ1) is 16.2. The first-order valence-electron chi connectivity index (χ1n) is 11.8. The average Bonchev–Trinajstić information content (AvgIpc) is 3.05. The average molecular weight is 482 g/mol. The van der Waals surface area contributed by atoms with Crippen molar-refractivity contribution in [1.82, 2.24) is 14.8 Å². The monoisotopic (exact) mass is 481 g/mol. The van der Waals surface area contributed by atoms with Gasteiger partial charge in [0.1, 0.15) is 6.54 Å². The van der Waals surface area contributed by atoms with E-state index in [-0.39, 0.29) is 23.9 Å². The molecule has 0 spiro atoms. The summed E-state index contributed by atoms with van der Waals surface area (Å²) < 4.78 is 40.0. The molecule has 2 aliphatic heterocycles. The number of aromatic nitrogens is 1. The number of aliphatic hydroxyl groups excluding tert-OH is 1. The van der Waals surface area contributed by atoms with E-state index in [4.69, 9.17) is 0 Å². The Balaban J connectivity index is 1.78. The van der Waals surface area contributed by atoms with E-state index in [2.05, 4.69) is 0 Å². The summed E-state index contributed by atoms with van der Waals surface area (Å²) in [5, 5.41) is 12.2. The van der Waals surface area contributed by atoms with Crippen LogP contribution in [0.15, 0.2) is 23.0 Å². The number of hydrogen-bond donors (Lipinski definition) is 2. The van der Waals surface area contributed by atoms with Gasteiger partial charge in [-0.2, -0.15) is 13.2 Å². The number of amides is 2. The summed E-state index contributed by atoms with van der Waals surface area (Å²) in [6.45, 7) is -0.116. The van der Waals surface area contributed by atoms with Crippen LogP contribution in [-0.2, 0) is 16.1 Å². The second-order valence-corrected chi connectivity index (χ2v) is 9.43. The minimum atomic E-state index is -4.59.